The Bertz CT molecular complexity index is 513. The maximum absolute atomic E-state index is 5.55. The average molecular weight is 464 g/mol. The fraction of sp³-hybridized carbons (Fsp3) is 0.667. The van der Waals surface area contributed by atoms with Crippen molar-refractivity contribution in [3.63, 3.8) is 0 Å². The van der Waals surface area contributed by atoms with E-state index in [0.717, 1.165) is 11.5 Å². The summed E-state index contributed by atoms with van der Waals surface area (Å²) in [5.41, 5.74) is 1.13. The van der Waals surface area contributed by atoms with Crippen molar-refractivity contribution < 1.29 is 9.47 Å². The molecule has 0 bridgehead atoms. The summed E-state index contributed by atoms with van der Waals surface area (Å²) in [7, 11) is 3.49. The van der Waals surface area contributed by atoms with Crippen molar-refractivity contribution in [2.24, 2.45) is 10.4 Å². The molecule has 0 saturated heterocycles. The number of guanidine groups is 1. The topological polar surface area (TPSA) is 67.8 Å². The van der Waals surface area contributed by atoms with Crippen LogP contribution in [0.4, 0.5) is 0 Å². The Morgan fingerprint density at radius 3 is 2.36 bits per heavy atom. The molecular weight excluding hydrogens is 431 g/mol. The number of nitrogens with one attached hydrogen (secondary N) is 2. The third-order valence-electron chi connectivity index (χ3n) is 3.54. The van der Waals surface area contributed by atoms with E-state index in [-0.39, 0.29) is 41.6 Å². The van der Waals surface area contributed by atoms with E-state index >= 15 is 0 Å². The van der Waals surface area contributed by atoms with Crippen LogP contribution in [-0.4, -0.2) is 43.9 Å². The van der Waals surface area contributed by atoms with Crippen LogP contribution in [0.3, 0.4) is 0 Å². The van der Waals surface area contributed by atoms with Gasteiger partial charge in [0.2, 0.25) is 5.88 Å². The fourth-order valence-corrected chi connectivity index (χ4v) is 2.17. The number of aliphatic imine (C=N–C) groups is 1. The van der Waals surface area contributed by atoms with Gasteiger partial charge in [-0.2, -0.15) is 0 Å². The van der Waals surface area contributed by atoms with Crippen LogP contribution in [0, 0.1) is 5.41 Å². The number of methoxy groups -OCH3 is 1. The van der Waals surface area contributed by atoms with Gasteiger partial charge in [0.15, 0.2) is 5.96 Å². The lowest BCUT2D eigenvalue weighted by atomic mass is 9.89. The molecule has 7 heteroatoms. The van der Waals surface area contributed by atoms with Crippen molar-refractivity contribution in [3.8, 4) is 5.88 Å². The monoisotopic (exact) mass is 464 g/mol. The Morgan fingerprint density at radius 1 is 1.24 bits per heavy atom. The minimum Gasteiger partial charge on any atom is -0.475 e. The average Bonchev–Trinajstić information content (AvgIpc) is 2.50. The number of hydrogen-bond acceptors (Lipinski definition) is 4. The number of nitrogens with zero attached hydrogens (tertiary/aromatic N) is 2. The maximum Gasteiger partial charge on any atom is 0.213 e. The molecule has 1 rings (SSSR count). The third-order valence-corrected chi connectivity index (χ3v) is 3.54. The number of pyridine rings is 1. The minimum absolute atomic E-state index is 0. The van der Waals surface area contributed by atoms with Crippen molar-refractivity contribution in [3.05, 3.63) is 23.9 Å². The van der Waals surface area contributed by atoms with E-state index in [4.69, 9.17) is 9.47 Å². The molecule has 0 radical (unpaired) electrons. The molecular formula is C18H33IN4O2. The van der Waals surface area contributed by atoms with Gasteiger partial charge in [0, 0.05) is 39.5 Å². The van der Waals surface area contributed by atoms with Crippen LogP contribution in [0.15, 0.2) is 23.3 Å². The molecule has 0 fully saturated rings. The van der Waals surface area contributed by atoms with Gasteiger partial charge in [-0.25, -0.2) is 4.98 Å². The summed E-state index contributed by atoms with van der Waals surface area (Å²) in [4.78, 5) is 8.54. The number of halogens is 1. The predicted molar refractivity (Wildman–Crippen MR) is 114 cm³/mol. The molecule has 1 aromatic rings. The molecule has 2 N–H and O–H groups in total. The van der Waals surface area contributed by atoms with Crippen LogP contribution in [0.2, 0.25) is 0 Å². The molecule has 0 aliphatic carbocycles. The molecule has 144 valence electrons. The van der Waals surface area contributed by atoms with Gasteiger partial charge in [-0.1, -0.05) is 26.8 Å². The normalized spacial score (nSPS) is 13.2. The number of hydrogen-bond donors (Lipinski definition) is 2. The van der Waals surface area contributed by atoms with Crippen molar-refractivity contribution in [1.29, 1.82) is 0 Å². The van der Waals surface area contributed by atoms with Gasteiger partial charge >= 0.3 is 0 Å². The second-order valence-electron chi connectivity index (χ2n) is 7.07. The van der Waals surface area contributed by atoms with Crippen LogP contribution in [-0.2, 0) is 11.3 Å². The summed E-state index contributed by atoms with van der Waals surface area (Å²) < 4.78 is 11.1. The van der Waals surface area contributed by atoms with Crippen molar-refractivity contribution in [2.75, 3.05) is 20.7 Å². The number of ether oxygens (including phenoxy) is 2. The number of aromatic nitrogens is 1. The standard InChI is InChI=1S/C18H32N4O2.HI/c1-13(2)24-16-9-8-14(10-20-16)11-21-17(19-6)22-12-15(23-7)18(3,4)5;/h8-10,13,15H,11-12H2,1-7H3,(H2,19,21,22);1H. The molecule has 0 aliphatic rings. The second kappa shape index (κ2) is 11.5. The van der Waals surface area contributed by atoms with Gasteiger partial charge in [-0.05, 0) is 24.8 Å². The highest BCUT2D eigenvalue weighted by Crippen LogP contribution is 2.20. The van der Waals surface area contributed by atoms with Crippen LogP contribution >= 0.6 is 24.0 Å². The fourth-order valence-electron chi connectivity index (χ4n) is 2.17. The van der Waals surface area contributed by atoms with Crippen molar-refractivity contribution in [2.45, 2.75) is 53.4 Å². The molecule has 0 aliphatic heterocycles. The van der Waals surface area contributed by atoms with Crippen molar-refractivity contribution in [1.82, 2.24) is 15.6 Å². The summed E-state index contributed by atoms with van der Waals surface area (Å²) in [6.45, 7) is 11.8. The van der Waals surface area contributed by atoms with Crippen molar-refractivity contribution >= 4 is 29.9 Å². The summed E-state index contributed by atoms with van der Waals surface area (Å²) in [6.07, 6.45) is 2.04. The SMILES string of the molecule is CN=C(NCc1ccc(OC(C)C)nc1)NCC(OC)C(C)(C)C.I. The Kier molecular flexibility index (Phi) is 11.0. The molecule has 1 heterocycles. The molecule has 6 nitrogen and oxygen atoms in total. The van der Waals surface area contributed by atoms with E-state index in [1.807, 2.05) is 32.2 Å². The molecule has 25 heavy (non-hydrogen) atoms. The quantitative estimate of drug-likeness (QED) is 0.369. The Balaban J connectivity index is 0.00000576. The Hall–Kier alpha value is -1.09. The summed E-state index contributed by atoms with van der Waals surface area (Å²) >= 11 is 0. The minimum atomic E-state index is 0. The molecule has 0 aromatic carbocycles. The van der Waals surface area contributed by atoms with E-state index in [0.29, 0.717) is 19.0 Å². The zero-order valence-corrected chi connectivity index (χ0v) is 18.8. The van der Waals surface area contributed by atoms with Crippen LogP contribution < -0.4 is 15.4 Å². The lowest BCUT2D eigenvalue weighted by molar-refractivity contribution is 0.0205. The van der Waals surface area contributed by atoms with E-state index in [1.165, 1.54) is 0 Å². The summed E-state index contributed by atoms with van der Waals surface area (Å²) in [6, 6.07) is 3.88. The summed E-state index contributed by atoms with van der Waals surface area (Å²) in [5, 5.41) is 6.58. The highest BCUT2D eigenvalue weighted by molar-refractivity contribution is 14.0. The smallest absolute Gasteiger partial charge is 0.213 e. The van der Waals surface area contributed by atoms with Crippen LogP contribution in [0.1, 0.15) is 40.2 Å². The Morgan fingerprint density at radius 2 is 1.92 bits per heavy atom. The largest absolute Gasteiger partial charge is 0.475 e. The zero-order valence-electron chi connectivity index (χ0n) is 16.4. The van der Waals surface area contributed by atoms with Gasteiger partial charge in [0.05, 0.1) is 12.2 Å². The van der Waals surface area contributed by atoms with Gasteiger partial charge in [-0.15, -0.1) is 24.0 Å². The lowest BCUT2D eigenvalue weighted by Gasteiger charge is -2.30. The van der Waals surface area contributed by atoms with Crippen LogP contribution in [0.5, 0.6) is 5.88 Å². The molecule has 1 unspecified atom stereocenters. The highest BCUT2D eigenvalue weighted by atomic mass is 127. The highest BCUT2D eigenvalue weighted by Gasteiger charge is 2.24. The first-order valence-electron chi connectivity index (χ1n) is 8.35. The van der Waals surface area contributed by atoms with E-state index < -0.39 is 0 Å². The van der Waals surface area contributed by atoms with Gasteiger partial charge in [-0.3, -0.25) is 4.99 Å². The van der Waals surface area contributed by atoms with Gasteiger partial charge < -0.3 is 20.1 Å². The first kappa shape index (κ1) is 23.9. The predicted octanol–water partition coefficient (Wildman–Crippen LogP) is 3.21. The molecule has 0 saturated carbocycles. The van der Waals surface area contributed by atoms with E-state index in [9.17, 15) is 0 Å². The lowest BCUT2D eigenvalue weighted by Crippen LogP contribution is -2.45. The maximum atomic E-state index is 5.55. The first-order chi connectivity index (χ1) is 11.3. The van der Waals surface area contributed by atoms with Gasteiger partial charge in [0.25, 0.3) is 0 Å². The second-order valence-corrected chi connectivity index (χ2v) is 7.07. The molecule has 0 amide bonds. The zero-order chi connectivity index (χ0) is 18.2. The summed E-state index contributed by atoms with van der Waals surface area (Å²) in [5.74, 6) is 1.38. The van der Waals surface area contributed by atoms with E-state index in [1.54, 1.807) is 14.2 Å². The molecule has 1 atom stereocenters. The first-order valence-corrected chi connectivity index (χ1v) is 8.35. The molecule has 1 aromatic heterocycles. The van der Waals surface area contributed by atoms with Gasteiger partial charge in [0.1, 0.15) is 0 Å². The van der Waals surface area contributed by atoms with Crippen LogP contribution in [0.25, 0.3) is 0 Å². The Labute approximate surface area is 169 Å². The molecule has 0 spiro atoms. The third kappa shape index (κ3) is 9.25. The number of rotatable bonds is 7. The van der Waals surface area contributed by atoms with E-state index in [2.05, 4.69) is 41.4 Å².